The van der Waals surface area contributed by atoms with E-state index in [2.05, 4.69) is 9.72 Å². The Labute approximate surface area is 100 Å². The van der Waals surface area contributed by atoms with E-state index >= 15 is 0 Å². The minimum absolute atomic E-state index is 0.233. The Morgan fingerprint density at radius 1 is 1.44 bits per heavy atom. The Balaban J connectivity index is 3.11. The van der Waals surface area contributed by atoms with Gasteiger partial charge in [-0.15, -0.1) is 0 Å². The van der Waals surface area contributed by atoms with Crippen LogP contribution in [0, 0.1) is 0 Å². The molecule has 1 rings (SSSR count). The molecule has 0 spiro atoms. The van der Waals surface area contributed by atoms with Crippen LogP contribution < -0.4 is 4.90 Å². The van der Waals surface area contributed by atoms with Crippen LogP contribution in [-0.2, 0) is 4.74 Å². The van der Waals surface area contributed by atoms with Gasteiger partial charge in [0.2, 0.25) is 0 Å². The molecule has 88 valence electrons. The Hall–Kier alpha value is -1.29. The molecule has 0 radical (unpaired) electrons. The maximum Gasteiger partial charge on any atom is 0.356 e. The molecule has 1 aromatic heterocycles. The number of carbonyl (C=O) groups is 1. The molecule has 0 saturated carbocycles. The SMILES string of the molecule is CCN(CC)c1cc(Cl)cc(C(=O)OC)n1. The fraction of sp³-hybridized carbons (Fsp3) is 0.455. The fourth-order valence-corrected chi connectivity index (χ4v) is 1.60. The van der Waals surface area contributed by atoms with Gasteiger partial charge in [-0.3, -0.25) is 0 Å². The number of ether oxygens (including phenoxy) is 1. The predicted octanol–water partition coefficient (Wildman–Crippen LogP) is 2.37. The third-order valence-electron chi connectivity index (χ3n) is 2.26. The van der Waals surface area contributed by atoms with Gasteiger partial charge < -0.3 is 9.64 Å². The lowest BCUT2D eigenvalue weighted by molar-refractivity contribution is 0.0594. The molecule has 0 aliphatic carbocycles. The van der Waals surface area contributed by atoms with E-state index in [4.69, 9.17) is 11.6 Å². The van der Waals surface area contributed by atoms with Crippen LogP contribution in [0.2, 0.25) is 5.02 Å². The van der Waals surface area contributed by atoms with Gasteiger partial charge in [-0.25, -0.2) is 9.78 Å². The monoisotopic (exact) mass is 242 g/mol. The number of halogens is 1. The highest BCUT2D eigenvalue weighted by molar-refractivity contribution is 6.31. The van der Waals surface area contributed by atoms with Crippen LogP contribution >= 0.6 is 11.6 Å². The zero-order valence-electron chi connectivity index (χ0n) is 9.66. The van der Waals surface area contributed by atoms with Gasteiger partial charge in [-0.05, 0) is 26.0 Å². The topological polar surface area (TPSA) is 42.4 Å². The minimum Gasteiger partial charge on any atom is -0.464 e. The fourth-order valence-electron chi connectivity index (χ4n) is 1.40. The highest BCUT2D eigenvalue weighted by atomic mass is 35.5. The van der Waals surface area contributed by atoms with E-state index < -0.39 is 5.97 Å². The molecular formula is C11H15ClN2O2. The van der Waals surface area contributed by atoms with Gasteiger partial charge in [-0.1, -0.05) is 11.6 Å². The molecule has 5 heteroatoms. The highest BCUT2D eigenvalue weighted by Crippen LogP contribution is 2.19. The summed E-state index contributed by atoms with van der Waals surface area (Å²) in [5.41, 5.74) is 0.233. The van der Waals surface area contributed by atoms with E-state index in [1.54, 1.807) is 6.07 Å². The third-order valence-corrected chi connectivity index (χ3v) is 2.48. The summed E-state index contributed by atoms with van der Waals surface area (Å²) in [6.07, 6.45) is 0. The summed E-state index contributed by atoms with van der Waals surface area (Å²) in [5, 5.41) is 0.484. The van der Waals surface area contributed by atoms with Crippen LogP contribution in [0.3, 0.4) is 0 Å². The molecule has 0 aromatic carbocycles. The maximum absolute atomic E-state index is 11.4. The van der Waals surface area contributed by atoms with E-state index in [9.17, 15) is 4.79 Å². The first kappa shape index (κ1) is 12.8. The maximum atomic E-state index is 11.4. The van der Waals surface area contributed by atoms with Crippen molar-refractivity contribution in [3.05, 3.63) is 22.8 Å². The van der Waals surface area contributed by atoms with Crippen molar-refractivity contribution < 1.29 is 9.53 Å². The van der Waals surface area contributed by atoms with E-state index in [-0.39, 0.29) is 5.69 Å². The van der Waals surface area contributed by atoms with Crippen molar-refractivity contribution in [2.24, 2.45) is 0 Å². The third kappa shape index (κ3) is 2.85. The Bertz CT molecular complexity index is 378. The van der Waals surface area contributed by atoms with E-state index in [0.29, 0.717) is 10.8 Å². The standard InChI is InChI=1S/C11H15ClN2O2/c1-4-14(5-2)10-7-8(12)6-9(13-10)11(15)16-3/h6-7H,4-5H2,1-3H3. The number of rotatable bonds is 4. The minimum atomic E-state index is -0.476. The quantitative estimate of drug-likeness (QED) is 0.761. The first-order valence-electron chi connectivity index (χ1n) is 5.13. The predicted molar refractivity (Wildman–Crippen MR) is 64.1 cm³/mol. The molecule has 0 atom stereocenters. The number of anilines is 1. The second kappa shape index (κ2) is 5.70. The van der Waals surface area contributed by atoms with Gasteiger partial charge in [0.1, 0.15) is 5.82 Å². The van der Waals surface area contributed by atoms with Crippen LogP contribution in [0.5, 0.6) is 0 Å². The lowest BCUT2D eigenvalue weighted by Gasteiger charge is -2.20. The smallest absolute Gasteiger partial charge is 0.356 e. The molecular weight excluding hydrogens is 228 g/mol. The molecule has 0 bridgehead atoms. The number of methoxy groups -OCH3 is 1. The zero-order chi connectivity index (χ0) is 12.1. The van der Waals surface area contributed by atoms with Crippen molar-refractivity contribution in [1.82, 2.24) is 4.98 Å². The average Bonchev–Trinajstić information content (AvgIpc) is 2.29. The summed E-state index contributed by atoms with van der Waals surface area (Å²) in [6, 6.07) is 3.24. The Morgan fingerprint density at radius 3 is 2.56 bits per heavy atom. The molecule has 0 saturated heterocycles. The largest absolute Gasteiger partial charge is 0.464 e. The van der Waals surface area contributed by atoms with Gasteiger partial charge in [0.25, 0.3) is 0 Å². The molecule has 4 nitrogen and oxygen atoms in total. The van der Waals surface area contributed by atoms with Gasteiger partial charge in [-0.2, -0.15) is 0 Å². The normalized spacial score (nSPS) is 10.0. The molecule has 0 aliphatic rings. The molecule has 0 fully saturated rings. The Morgan fingerprint density at radius 2 is 2.06 bits per heavy atom. The lowest BCUT2D eigenvalue weighted by Crippen LogP contribution is -2.23. The number of aromatic nitrogens is 1. The van der Waals surface area contributed by atoms with E-state index in [1.165, 1.54) is 13.2 Å². The molecule has 0 N–H and O–H groups in total. The lowest BCUT2D eigenvalue weighted by atomic mass is 10.3. The summed E-state index contributed by atoms with van der Waals surface area (Å²) in [6.45, 7) is 5.66. The number of carbonyl (C=O) groups excluding carboxylic acids is 1. The van der Waals surface area contributed by atoms with Crippen LogP contribution in [-0.4, -0.2) is 31.2 Å². The molecule has 0 aliphatic heterocycles. The van der Waals surface area contributed by atoms with Crippen molar-refractivity contribution in [3.8, 4) is 0 Å². The van der Waals surface area contributed by atoms with Crippen LogP contribution in [0.15, 0.2) is 12.1 Å². The zero-order valence-corrected chi connectivity index (χ0v) is 10.4. The van der Waals surface area contributed by atoms with Crippen LogP contribution in [0.4, 0.5) is 5.82 Å². The number of hydrogen-bond donors (Lipinski definition) is 0. The van der Waals surface area contributed by atoms with Gasteiger partial charge >= 0.3 is 5.97 Å². The summed E-state index contributed by atoms with van der Waals surface area (Å²) in [4.78, 5) is 17.6. The first-order chi connectivity index (χ1) is 7.62. The Kier molecular flexibility index (Phi) is 4.55. The van der Waals surface area contributed by atoms with Crippen molar-refractivity contribution in [2.75, 3.05) is 25.1 Å². The molecule has 1 aromatic rings. The number of hydrogen-bond acceptors (Lipinski definition) is 4. The van der Waals surface area contributed by atoms with Gasteiger partial charge in [0.05, 0.1) is 7.11 Å². The van der Waals surface area contributed by atoms with E-state index in [1.807, 2.05) is 18.7 Å². The van der Waals surface area contributed by atoms with Gasteiger partial charge in [0, 0.05) is 18.1 Å². The van der Waals surface area contributed by atoms with Crippen molar-refractivity contribution in [3.63, 3.8) is 0 Å². The second-order valence-corrected chi connectivity index (χ2v) is 3.63. The summed E-state index contributed by atoms with van der Waals surface area (Å²) >= 11 is 5.93. The van der Waals surface area contributed by atoms with E-state index in [0.717, 1.165) is 13.1 Å². The number of esters is 1. The van der Waals surface area contributed by atoms with Gasteiger partial charge in [0.15, 0.2) is 5.69 Å². The average molecular weight is 243 g/mol. The van der Waals surface area contributed by atoms with Crippen molar-refractivity contribution >= 4 is 23.4 Å². The summed E-state index contributed by atoms with van der Waals surface area (Å²) in [5.74, 6) is 0.216. The summed E-state index contributed by atoms with van der Waals surface area (Å²) < 4.78 is 4.61. The summed E-state index contributed by atoms with van der Waals surface area (Å²) in [7, 11) is 1.32. The first-order valence-corrected chi connectivity index (χ1v) is 5.51. The molecule has 1 heterocycles. The molecule has 0 unspecified atom stereocenters. The number of pyridine rings is 1. The molecule has 16 heavy (non-hydrogen) atoms. The van der Waals surface area contributed by atoms with Crippen LogP contribution in [0.1, 0.15) is 24.3 Å². The van der Waals surface area contributed by atoms with Crippen LogP contribution in [0.25, 0.3) is 0 Å². The van der Waals surface area contributed by atoms with Crippen molar-refractivity contribution in [2.45, 2.75) is 13.8 Å². The molecule has 0 amide bonds. The number of nitrogens with zero attached hydrogens (tertiary/aromatic N) is 2. The second-order valence-electron chi connectivity index (χ2n) is 3.19. The van der Waals surface area contributed by atoms with Crippen molar-refractivity contribution in [1.29, 1.82) is 0 Å². The highest BCUT2D eigenvalue weighted by Gasteiger charge is 2.12.